The number of H-pyrrole nitrogens is 1. The topological polar surface area (TPSA) is 113 Å². The number of aromatic nitrogens is 5. The second kappa shape index (κ2) is 11.0. The summed E-state index contributed by atoms with van der Waals surface area (Å²) in [6.45, 7) is 4.57. The van der Waals surface area contributed by atoms with E-state index in [0.717, 1.165) is 5.75 Å². The Hall–Kier alpha value is -3.99. The molecular weight excluding hydrogens is 470 g/mol. The second-order valence-electron chi connectivity index (χ2n) is 7.29. The van der Waals surface area contributed by atoms with Gasteiger partial charge in [-0.2, -0.15) is 0 Å². The molecule has 0 aliphatic carbocycles. The molecule has 4 rings (SSSR count). The van der Waals surface area contributed by atoms with E-state index >= 15 is 0 Å². The minimum absolute atomic E-state index is 0.237. The van der Waals surface area contributed by atoms with Gasteiger partial charge in [0.25, 0.3) is 5.56 Å². The Morgan fingerprint density at radius 2 is 1.74 bits per heavy atom. The fourth-order valence-electron chi connectivity index (χ4n) is 3.38. The largest absolute Gasteiger partial charge is 0.497 e. The highest BCUT2D eigenvalue weighted by atomic mass is 32.2. The summed E-state index contributed by atoms with van der Waals surface area (Å²) in [4.78, 5) is 20.1. The number of nitrogens with zero attached hydrogens (tertiary/aromatic N) is 4. The van der Waals surface area contributed by atoms with Crippen molar-refractivity contribution in [2.75, 3.05) is 21.3 Å². The zero-order chi connectivity index (χ0) is 24.8. The van der Waals surface area contributed by atoms with Crippen molar-refractivity contribution < 1.29 is 18.9 Å². The molecule has 1 N–H and O–H groups in total. The van der Waals surface area contributed by atoms with Gasteiger partial charge < -0.3 is 23.9 Å². The molecule has 0 aliphatic heterocycles. The summed E-state index contributed by atoms with van der Waals surface area (Å²) in [5.74, 6) is 3.96. The lowest BCUT2D eigenvalue weighted by Crippen LogP contribution is -2.12. The minimum atomic E-state index is -0.257. The average molecular weight is 496 g/mol. The van der Waals surface area contributed by atoms with Crippen LogP contribution in [-0.4, -0.2) is 46.1 Å². The third-order valence-corrected chi connectivity index (χ3v) is 6.11. The summed E-state index contributed by atoms with van der Waals surface area (Å²) in [6, 6.07) is 10.6. The monoisotopic (exact) mass is 495 g/mol. The van der Waals surface area contributed by atoms with Crippen LogP contribution < -0.4 is 24.5 Å². The van der Waals surface area contributed by atoms with Gasteiger partial charge in [0.15, 0.2) is 22.5 Å². The van der Waals surface area contributed by atoms with Gasteiger partial charge in [-0.25, -0.2) is 4.98 Å². The zero-order valence-electron chi connectivity index (χ0n) is 19.6. The van der Waals surface area contributed by atoms with E-state index < -0.39 is 0 Å². The number of rotatable bonds is 11. The Bertz CT molecular complexity index is 1380. The van der Waals surface area contributed by atoms with Gasteiger partial charge in [-0.1, -0.05) is 17.8 Å². The predicted octanol–water partition coefficient (Wildman–Crippen LogP) is 3.60. The lowest BCUT2D eigenvalue weighted by Gasteiger charge is -2.10. The van der Waals surface area contributed by atoms with E-state index in [9.17, 15) is 4.79 Å². The minimum Gasteiger partial charge on any atom is -0.497 e. The van der Waals surface area contributed by atoms with Crippen LogP contribution in [-0.2, 0) is 18.9 Å². The van der Waals surface area contributed by atoms with Crippen molar-refractivity contribution >= 4 is 22.7 Å². The van der Waals surface area contributed by atoms with Gasteiger partial charge in [0.05, 0.1) is 38.0 Å². The van der Waals surface area contributed by atoms with Crippen LogP contribution in [0.1, 0.15) is 11.6 Å². The van der Waals surface area contributed by atoms with Crippen LogP contribution in [0.25, 0.3) is 10.9 Å². The molecule has 10 nitrogen and oxygen atoms in total. The van der Waals surface area contributed by atoms with E-state index in [1.807, 2.05) is 28.8 Å². The molecule has 2 aromatic carbocycles. The first-order chi connectivity index (χ1) is 17.1. The predicted molar refractivity (Wildman–Crippen MR) is 133 cm³/mol. The van der Waals surface area contributed by atoms with E-state index in [0.29, 0.717) is 57.3 Å². The van der Waals surface area contributed by atoms with Crippen molar-refractivity contribution in [1.82, 2.24) is 24.7 Å². The fraction of sp³-hybridized carbons (Fsp3) is 0.250. The maximum atomic E-state index is 12.6. The van der Waals surface area contributed by atoms with Crippen molar-refractivity contribution in [2.45, 2.75) is 24.1 Å². The highest BCUT2D eigenvalue weighted by Crippen LogP contribution is 2.30. The van der Waals surface area contributed by atoms with Gasteiger partial charge in [0.1, 0.15) is 23.9 Å². The van der Waals surface area contributed by atoms with Crippen molar-refractivity contribution in [3.8, 4) is 23.0 Å². The number of hydrogen-bond donors (Lipinski definition) is 1. The smallest absolute Gasteiger partial charge is 0.258 e. The van der Waals surface area contributed by atoms with Crippen LogP contribution in [0.3, 0.4) is 0 Å². The van der Waals surface area contributed by atoms with E-state index in [-0.39, 0.29) is 12.2 Å². The Kier molecular flexibility index (Phi) is 7.56. The number of hydrogen-bond acceptors (Lipinski definition) is 9. The van der Waals surface area contributed by atoms with Gasteiger partial charge in [-0.3, -0.25) is 9.36 Å². The quantitative estimate of drug-likeness (QED) is 0.246. The normalized spacial score (nSPS) is 10.8. The molecule has 0 aliphatic rings. The van der Waals surface area contributed by atoms with Crippen LogP contribution in [0.15, 0.2) is 59.0 Å². The Morgan fingerprint density at radius 3 is 2.43 bits per heavy atom. The van der Waals surface area contributed by atoms with Gasteiger partial charge >= 0.3 is 0 Å². The Labute approximate surface area is 205 Å². The molecule has 2 aromatic heterocycles. The highest BCUT2D eigenvalue weighted by molar-refractivity contribution is 7.98. The molecule has 0 amide bonds. The molecule has 11 heteroatoms. The van der Waals surface area contributed by atoms with E-state index in [1.165, 1.54) is 26.0 Å². The van der Waals surface area contributed by atoms with Gasteiger partial charge in [0, 0.05) is 12.6 Å². The van der Waals surface area contributed by atoms with Gasteiger partial charge in [-0.05, 0) is 30.3 Å². The van der Waals surface area contributed by atoms with Gasteiger partial charge in [-0.15, -0.1) is 16.8 Å². The first-order valence-corrected chi connectivity index (χ1v) is 11.6. The number of ether oxygens (including phenoxy) is 4. The van der Waals surface area contributed by atoms with Crippen LogP contribution >= 0.6 is 11.8 Å². The van der Waals surface area contributed by atoms with Crippen molar-refractivity contribution in [2.24, 2.45) is 0 Å². The standard InChI is InChI=1S/C24H25N5O5S/c1-5-10-29-22(13-34-16-8-6-15(31-2)7-9-16)27-28-24(29)35-14-21-25-18-12-20(33-4)19(32-3)11-17(18)23(30)26-21/h5-9,11-12H,1,10,13-14H2,2-4H3,(H,25,26,30). The number of benzene rings is 2. The number of nitrogens with one attached hydrogen (secondary N) is 1. The maximum absolute atomic E-state index is 12.6. The number of aromatic amines is 1. The molecule has 0 spiro atoms. The molecule has 0 unspecified atom stereocenters. The van der Waals surface area contributed by atoms with Crippen LogP contribution in [0.2, 0.25) is 0 Å². The SMILES string of the molecule is C=CCn1c(COc2ccc(OC)cc2)nnc1SCc1nc2cc(OC)c(OC)cc2c(=O)[nH]1. The average Bonchev–Trinajstić information content (AvgIpc) is 3.27. The number of fused-ring (bicyclic) bond motifs is 1. The summed E-state index contributed by atoms with van der Waals surface area (Å²) in [6.07, 6.45) is 1.76. The molecule has 0 saturated carbocycles. The number of thioether (sulfide) groups is 1. The lowest BCUT2D eigenvalue weighted by atomic mass is 10.2. The van der Waals surface area contributed by atoms with E-state index in [2.05, 4.69) is 26.7 Å². The molecule has 182 valence electrons. The first-order valence-electron chi connectivity index (χ1n) is 10.6. The number of methoxy groups -OCH3 is 3. The molecule has 2 heterocycles. The van der Waals surface area contributed by atoms with Crippen LogP contribution in [0.4, 0.5) is 0 Å². The van der Waals surface area contributed by atoms with E-state index in [4.69, 9.17) is 18.9 Å². The Morgan fingerprint density at radius 1 is 1.03 bits per heavy atom. The highest BCUT2D eigenvalue weighted by Gasteiger charge is 2.15. The zero-order valence-corrected chi connectivity index (χ0v) is 20.4. The van der Waals surface area contributed by atoms with Crippen LogP contribution in [0, 0.1) is 0 Å². The van der Waals surface area contributed by atoms with Crippen molar-refractivity contribution in [3.05, 3.63) is 71.1 Å². The molecule has 0 atom stereocenters. The number of allylic oxidation sites excluding steroid dienone is 1. The third-order valence-electron chi connectivity index (χ3n) is 5.13. The molecule has 0 bridgehead atoms. The summed E-state index contributed by atoms with van der Waals surface area (Å²) in [5, 5.41) is 9.65. The summed E-state index contributed by atoms with van der Waals surface area (Å²) in [5.41, 5.74) is 0.260. The molecule has 0 saturated heterocycles. The Balaban J connectivity index is 1.51. The maximum Gasteiger partial charge on any atom is 0.258 e. The second-order valence-corrected chi connectivity index (χ2v) is 8.23. The van der Waals surface area contributed by atoms with Crippen molar-refractivity contribution in [1.29, 1.82) is 0 Å². The molecular formula is C24H25N5O5S. The van der Waals surface area contributed by atoms with Crippen molar-refractivity contribution in [3.63, 3.8) is 0 Å². The molecule has 0 fully saturated rings. The fourth-order valence-corrected chi connectivity index (χ4v) is 4.22. The van der Waals surface area contributed by atoms with Crippen LogP contribution in [0.5, 0.6) is 23.0 Å². The third kappa shape index (κ3) is 5.40. The molecule has 0 radical (unpaired) electrons. The molecule has 4 aromatic rings. The summed E-state index contributed by atoms with van der Waals surface area (Å²) < 4.78 is 23.5. The summed E-state index contributed by atoms with van der Waals surface area (Å²) >= 11 is 1.40. The van der Waals surface area contributed by atoms with Gasteiger partial charge in [0.2, 0.25) is 0 Å². The lowest BCUT2D eigenvalue weighted by molar-refractivity contribution is 0.288. The molecule has 35 heavy (non-hydrogen) atoms. The first kappa shape index (κ1) is 24.1. The summed E-state index contributed by atoms with van der Waals surface area (Å²) in [7, 11) is 4.67. The van der Waals surface area contributed by atoms with E-state index in [1.54, 1.807) is 25.3 Å².